The molecule has 2 fully saturated rings. The molecule has 0 spiro atoms. The molecule has 1 amide bonds. The summed E-state index contributed by atoms with van der Waals surface area (Å²) in [6.45, 7) is 8.42. The fourth-order valence-corrected chi connectivity index (χ4v) is 5.38. The predicted molar refractivity (Wildman–Crippen MR) is 122 cm³/mol. The van der Waals surface area contributed by atoms with Crippen molar-refractivity contribution in [2.45, 2.75) is 50.7 Å². The van der Waals surface area contributed by atoms with E-state index in [0.29, 0.717) is 31.9 Å². The van der Waals surface area contributed by atoms with Gasteiger partial charge in [-0.2, -0.15) is 0 Å². The Balaban J connectivity index is 1.83. The van der Waals surface area contributed by atoms with Crippen molar-refractivity contribution in [3.8, 4) is 0 Å². The van der Waals surface area contributed by atoms with E-state index in [1.807, 2.05) is 11.8 Å². The number of anilines is 1. The number of benzene rings is 1. The average molecular weight is 467 g/mol. The number of esters is 1. The van der Waals surface area contributed by atoms with Crippen molar-refractivity contribution in [1.82, 2.24) is 4.90 Å². The number of hydrogen-bond donors (Lipinski definition) is 0. The molecule has 0 bridgehead atoms. The fourth-order valence-electron chi connectivity index (χ4n) is 4.49. The van der Waals surface area contributed by atoms with Crippen molar-refractivity contribution in [2.24, 2.45) is 11.8 Å². The first-order valence-electron chi connectivity index (χ1n) is 11.1. The minimum Gasteiger partial charge on any atom is -0.465 e. The summed E-state index contributed by atoms with van der Waals surface area (Å²) in [5.74, 6) is -0.409. The highest BCUT2D eigenvalue weighted by Gasteiger charge is 2.37. The molecule has 3 atom stereocenters. The molecule has 178 valence electrons. The van der Waals surface area contributed by atoms with Crippen molar-refractivity contribution in [1.29, 1.82) is 0 Å². The van der Waals surface area contributed by atoms with E-state index in [1.165, 1.54) is 19.2 Å². The van der Waals surface area contributed by atoms with Gasteiger partial charge in [-0.1, -0.05) is 13.8 Å². The van der Waals surface area contributed by atoms with Crippen molar-refractivity contribution in [2.75, 3.05) is 44.5 Å². The van der Waals surface area contributed by atoms with Crippen molar-refractivity contribution >= 4 is 27.4 Å². The van der Waals surface area contributed by atoms with Gasteiger partial charge in [0.1, 0.15) is 0 Å². The molecule has 0 saturated carbocycles. The summed E-state index contributed by atoms with van der Waals surface area (Å²) >= 11 is 0. The number of methoxy groups -OCH3 is 1. The molecule has 3 rings (SSSR count). The fraction of sp³-hybridized carbons (Fsp3) is 0.652. The standard InChI is InChI=1S/C23H34N2O6S/c1-15(2)20-13-24(10-11-25(20)22(26)17-7-6-16(3)31-14-17)18-8-9-19(23(27)30-4)21(12-18)32(5,28)29/h8-9,12,15-17,20H,6-7,10-11,13-14H2,1-5H3/t16?,17?,20-/m1/s1. The zero-order chi connectivity index (χ0) is 23.6. The number of hydrogen-bond acceptors (Lipinski definition) is 7. The van der Waals surface area contributed by atoms with Gasteiger partial charge in [-0.3, -0.25) is 4.79 Å². The maximum atomic E-state index is 13.3. The molecule has 0 N–H and O–H groups in total. The lowest BCUT2D eigenvalue weighted by molar-refractivity contribution is -0.145. The minimum atomic E-state index is -3.63. The Bertz CT molecular complexity index is 953. The summed E-state index contributed by atoms with van der Waals surface area (Å²) in [5.41, 5.74) is 0.741. The number of sulfone groups is 1. The number of nitrogens with zero attached hydrogens (tertiary/aromatic N) is 2. The van der Waals surface area contributed by atoms with E-state index in [4.69, 9.17) is 9.47 Å². The summed E-state index contributed by atoms with van der Waals surface area (Å²) in [6.07, 6.45) is 3.02. The van der Waals surface area contributed by atoms with Gasteiger partial charge < -0.3 is 19.3 Å². The molecular weight excluding hydrogens is 432 g/mol. The second kappa shape index (κ2) is 9.79. The van der Waals surface area contributed by atoms with E-state index in [1.54, 1.807) is 6.07 Å². The van der Waals surface area contributed by atoms with Crippen LogP contribution >= 0.6 is 0 Å². The van der Waals surface area contributed by atoms with E-state index < -0.39 is 15.8 Å². The van der Waals surface area contributed by atoms with Crippen LogP contribution in [0.1, 0.15) is 44.0 Å². The summed E-state index contributed by atoms with van der Waals surface area (Å²) in [6, 6.07) is 4.77. The van der Waals surface area contributed by atoms with Crippen LogP contribution in [-0.2, 0) is 24.1 Å². The molecule has 2 saturated heterocycles. The van der Waals surface area contributed by atoms with Gasteiger partial charge in [0.25, 0.3) is 0 Å². The molecule has 0 aliphatic carbocycles. The highest BCUT2D eigenvalue weighted by molar-refractivity contribution is 7.90. The topological polar surface area (TPSA) is 93.2 Å². The summed E-state index contributed by atoms with van der Waals surface area (Å²) in [7, 11) is -2.40. The maximum absolute atomic E-state index is 13.3. The Morgan fingerprint density at radius 2 is 1.91 bits per heavy atom. The molecule has 1 aromatic rings. The van der Waals surface area contributed by atoms with Crippen LogP contribution < -0.4 is 4.90 Å². The largest absolute Gasteiger partial charge is 0.465 e. The third kappa shape index (κ3) is 5.26. The highest BCUT2D eigenvalue weighted by Crippen LogP contribution is 2.29. The van der Waals surface area contributed by atoms with E-state index >= 15 is 0 Å². The number of amides is 1. The second-order valence-electron chi connectivity index (χ2n) is 9.15. The van der Waals surface area contributed by atoms with Crippen molar-refractivity contribution < 1.29 is 27.5 Å². The molecule has 8 nitrogen and oxygen atoms in total. The van der Waals surface area contributed by atoms with Crippen LogP contribution in [0.15, 0.2) is 23.1 Å². The Kier molecular flexibility index (Phi) is 7.50. The van der Waals surface area contributed by atoms with Gasteiger partial charge >= 0.3 is 5.97 Å². The lowest BCUT2D eigenvalue weighted by Gasteiger charge is -2.46. The molecule has 32 heavy (non-hydrogen) atoms. The zero-order valence-electron chi connectivity index (χ0n) is 19.5. The maximum Gasteiger partial charge on any atom is 0.339 e. The van der Waals surface area contributed by atoms with Gasteiger partial charge in [-0.05, 0) is 43.9 Å². The molecule has 2 aliphatic heterocycles. The molecule has 2 unspecified atom stereocenters. The third-order valence-electron chi connectivity index (χ3n) is 6.46. The molecule has 0 aromatic heterocycles. The number of carbonyl (C=O) groups excluding carboxylic acids is 2. The number of piperazine rings is 1. The number of rotatable bonds is 5. The Morgan fingerprint density at radius 1 is 1.19 bits per heavy atom. The lowest BCUT2D eigenvalue weighted by atomic mass is 9.93. The SMILES string of the molecule is COC(=O)c1ccc(N2CCN(C(=O)C3CCC(C)OC3)[C@@H](C(C)C)C2)cc1S(C)(=O)=O. The van der Waals surface area contributed by atoms with Crippen LogP contribution in [0, 0.1) is 11.8 Å². The van der Waals surface area contributed by atoms with Gasteiger partial charge in [0, 0.05) is 31.6 Å². The minimum absolute atomic E-state index is 0.00225. The van der Waals surface area contributed by atoms with Crippen LogP contribution in [-0.4, -0.2) is 76.9 Å². The Hall–Kier alpha value is -2.13. The monoisotopic (exact) mass is 466 g/mol. The quantitative estimate of drug-likeness (QED) is 0.615. The van der Waals surface area contributed by atoms with E-state index in [-0.39, 0.29) is 40.3 Å². The lowest BCUT2D eigenvalue weighted by Crippen LogP contribution is -2.59. The normalized spacial score (nSPS) is 24.5. The van der Waals surface area contributed by atoms with E-state index in [0.717, 1.165) is 19.1 Å². The second-order valence-corrected chi connectivity index (χ2v) is 11.1. The van der Waals surface area contributed by atoms with Crippen molar-refractivity contribution in [3.05, 3.63) is 23.8 Å². The predicted octanol–water partition coefficient (Wildman–Crippen LogP) is 2.37. The van der Waals surface area contributed by atoms with Crippen molar-refractivity contribution in [3.63, 3.8) is 0 Å². The third-order valence-corrected chi connectivity index (χ3v) is 7.60. The van der Waals surface area contributed by atoms with E-state index in [2.05, 4.69) is 18.7 Å². The molecular formula is C23H34N2O6S. The van der Waals surface area contributed by atoms with Gasteiger partial charge in [0.15, 0.2) is 9.84 Å². The van der Waals surface area contributed by atoms with Crippen LogP contribution in [0.2, 0.25) is 0 Å². The molecule has 1 aromatic carbocycles. The highest BCUT2D eigenvalue weighted by atomic mass is 32.2. The van der Waals surface area contributed by atoms with Gasteiger partial charge in [0.05, 0.1) is 42.2 Å². The smallest absolute Gasteiger partial charge is 0.339 e. The Labute approximate surface area is 190 Å². The van der Waals surface area contributed by atoms with Crippen LogP contribution in [0.25, 0.3) is 0 Å². The number of carbonyl (C=O) groups is 2. The first-order chi connectivity index (χ1) is 15.0. The molecule has 9 heteroatoms. The zero-order valence-corrected chi connectivity index (χ0v) is 20.4. The summed E-state index contributed by atoms with van der Waals surface area (Å²) in [4.78, 5) is 29.3. The first kappa shape index (κ1) is 24.5. The molecule has 2 heterocycles. The summed E-state index contributed by atoms with van der Waals surface area (Å²) in [5, 5.41) is 0. The first-order valence-corrected chi connectivity index (χ1v) is 13.0. The van der Waals surface area contributed by atoms with Gasteiger partial charge in [0.2, 0.25) is 5.91 Å². The van der Waals surface area contributed by atoms with Crippen LogP contribution in [0.3, 0.4) is 0 Å². The molecule has 0 radical (unpaired) electrons. The van der Waals surface area contributed by atoms with Gasteiger partial charge in [-0.25, -0.2) is 13.2 Å². The Morgan fingerprint density at radius 3 is 2.47 bits per heavy atom. The average Bonchev–Trinajstić information content (AvgIpc) is 2.77. The van der Waals surface area contributed by atoms with Crippen LogP contribution in [0.4, 0.5) is 5.69 Å². The number of ether oxygens (including phenoxy) is 2. The molecule has 2 aliphatic rings. The van der Waals surface area contributed by atoms with Gasteiger partial charge in [-0.15, -0.1) is 0 Å². The van der Waals surface area contributed by atoms with E-state index in [9.17, 15) is 18.0 Å². The van der Waals surface area contributed by atoms with Crippen LogP contribution in [0.5, 0.6) is 0 Å². The summed E-state index contributed by atoms with van der Waals surface area (Å²) < 4.78 is 35.1.